The van der Waals surface area contributed by atoms with Crippen molar-refractivity contribution in [1.82, 2.24) is 4.90 Å². The Morgan fingerprint density at radius 3 is 2.15 bits per heavy atom. The maximum absolute atomic E-state index is 9.78. The van der Waals surface area contributed by atoms with E-state index in [2.05, 4.69) is 0 Å². The van der Waals surface area contributed by atoms with E-state index in [1.807, 2.05) is 24.8 Å². The zero-order chi connectivity index (χ0) is 10.5. The summed E-state index contributed by atoms with van der Waals surface area (Å²) in [4.78, 5) is 1.98. The van der Waals surface area contributed by atoms with Crippen LogP contribution < -0.4 is 0 Å². The third-order valence-corrected chi connectivity index (χ3v) is 1.93. The van der Waals surface area contributed by atoms with Gasteiger partial charge >= 0.3 is 0 Å². The molecule has 0 aliphatic rings. The number of allylic oxidation sites excluding steroid dienone is 1. The molecule has 0 aliphatic carbocycles. The molecule has 0 saturated heterocycles. The fourth-order valence-corrected chi connectivity index (χ4v) is 1.28. The molecule has 74 valence electrons. The average Bonchev–Trinajstić information content (AvgIpc) is 2.03. The van der Waals surface area contributed by atoms with E-state index in [0.29, 0.717) is 5.70 Å². The second kappa shape index (κ2) is 4.88. The van der Waals surface area contributed by atoms with E-state index >= 15 is 0 Å². The first-order valence-corrected chi connectivity index (χ1v) is 4.54. The van der Waals surface area contributed by atoms with Gasteiger partial charge in [0.25, 0.3) is 0 Å². The SMILES string of the molecule is CCN(CC)/C(=C\C#N)C(C)(C)O. The van der Waals surface area contributed by atoms with Gasteiger partial charge in [-0.3, -0.25) is 0 Å². The van der Waals surface area contributed by atoms with Crippen LogP contribution in [0.1, 0.15) is 27.7 Å². The minimum atomic E-state index is -0.943. The smallest absolute Gasteiger partial charge is 0.0993 e. The maximum Gasteiger partial charge on any atom is 0.0993 e. The molecular weight excluding hydrogens is 164 g/mol. The van der Waals surface area contributed by atoms with E-state index in [1.165, 1.54) is 6.08 Å². The van der Waals surface area contributed by atoms with Crippen LogP contribution in [0.2, 0.25) is 0 Å². The summed E-state index contributed by atoms with van der Waals surface area (Å²) >= 11 is 0. The van der Waals surface area contributed by atoms with Gasteiger partial charge in [0.1, 0.15) is 0 Å². The molecule has 0 fully saturated rings. The standard InChI is InChI=1S/C10H18N2O/c1-5-12(6-2)9(7-8-11)10(3,4)13/h7,13H,5-6H2,1-4H3/b9-7-. The van der Waals surface area contributed by atoms with Gasteiger partial charge in [-0.1, -0.05) is 0 Å². The second-order valence-corrected chi connectivity index (χ2v) is 3.39. The summed E-state index contributed by atoms with van der Waals surface area (Å²) < 4.78 is 0. The van der Waals surface area contributed by atoms with Gasteiger partial charge in [-0.05, 0) is 27.7 Å². The zero-order valence-corrected chi connectivity index (χ0v) is 8.83. The number of aliphatic hydroxyl groups is 1. The molecule has 0 unspecified atom stereocenters. The van der Waals surface area contributed by atoms with Crippen molar-refractivity contribution in [1.29, 1.82) is 5.26 Å². The van der Waals surface area contributed by atoms with Crippen molar-refractivity contribution in [2.24, 2.45) is 0 Å². The Kier molecular flexibility index (Phi) is 4.50. The second-order valence-electron chi connectivity index (χ2n) is 3.39. The summed E-state index contributed by atoms with van der Waals surface area (Å²) in [6.45, 7) is 8.98. The summed E-state index contributed by atoms with van der Waals surface area (Å²) in [5.41, 5.74) is -0.262. The first-order chi connectivity index (χ1) is 5.97. The third kappa shape index (κ3) is 3.47. The number of hydrogen-bond donors (Lipinski definition) is 1. The molecule has 1 N–H and O–H groups in total. The predicted molar refractivity (Wildman–Crippen MR) is 52.9 cm³/mol. The molecule has 0 bridgehead atoms. The van der Waals surface area contributed by atoms with Crippen LogP contribution >= 0.6 is 0 Å². The summed E-state index contributed by atoms with van der Waals surface area (Å²) in [5, 5.41) is 18.4. The van der Waals surface area contributed by atoms with Gasteiger partial charge in [0.2, 0.25) is 0 Å². The molecule has 0 aliphatic heterocycles. The van der Waals surface area contributed by atoms with Crippen LogP contribution in [-0.4, -0.2) is 28.7 Å². The molecule has 0 aromatic rings. The lowest BCUT2D eigenvalue weighted by atomic mass is 10.0. The van der Waals surface area contributed by atoms with E-state index in [9.17, 15) is 5.11 Å². The average molecular weight is 182 g/mol. The third-order valence-electron chi connectivity index (χ3n) is 1.93. The number of hydrogen-bond acceptors (Lipinski definition) is 3. The topological polar surface area (TPSA) is 47.3 Å². The van der Waals surface area contributed by atoms with Crippen LogP contribution in [0.3, 0.4) is 0 Å². The van der Waals surface area contributed by atoms with Gasteiger partial charge in [-0.15, -0.1) is 0 Å². The Labute approximate surface area is 80.3 Å². The first-order valence-electron chi connectivity index (χ1n) is 4.54. The largest absolute Gasteiger partial charge is 0.384 e. The highest BCUT2D eigenvalue weighted by Crippen LogP contribution is 2.19. The predicted octanol–water partition coefficient (Wildman–Crippen LogP) is 1.51. The molecule has 0 heterocycles. The molecule has 3 heteroatoms. The molecule has 0 rings (SSSR count). The lowest BCUT2D eigenvalue weighted by molar-refractivity contribution is 0.0842. The van der Waals surface area contributed by atoms with E-state index < -0.39 is 5.60 Å². The maximum atomic E-state index is 9.78. The van der Waals surface area contributed by atoms with E-state index in [-0.39, 0.29) is 0 Å². The van der Waals surface area contributed by atoms with Gasteiger partial charge in [0.15, 0.2) is 0 Å². The van der Waals surface area contributed by atoms with Crippen LogP contribution in [0.15, 0.2) is 11.8 Å². The summed E-state index contributed by atoms with van der Waals surface area (Å²) in [7, 11) is 0. The van der Waals surface area contributed by atoms with Crippen LogP contribution in [0, 0.1) is 11.3 Å². The summed E-state index contributed by atoms with van der Waals surface area (Å²) in [5.74, 6) is 0. The van der Waals surface area contributed by atoms with E-state index in [4.69, 9.17) is 5.26 Å². The van der Waals surface area contributed by atoms with Crippen LogP contribution in [0.25, 0.3) is 0 Å². The molecule has 0 aromatic carbocycles. The van der Waals surface area contributed by atoms with E-state index in [0.717, 1.165) is 13.1 Å². The van der Waals surface area contributed by atoms with Crippen molar-refractivity contribution >= 4 is 0 Å². The normalized spacial score (nSPS) is 12.5. The van der Waals surface area contributed by atoms with E-state index in [1.54, 1.807) is 13.8 Å². The fraction of sp³-hybridized carbons (Fsp3) is 0.700. The fourth-order valence-electron chi connectivity index (χ4n) is 1.28. The van der Waals surface area contributed by atoms with Gasteiger partial charge in [-0.25, -0.2) is 0 Å². The quantitative estimate of drug-likeness (QED) is 0.670. The molecule has 0 amide bonds. The molecule has 13 heavy (non-hydrogen) atoms. The summed E-state index contributed by atoms with van der Waals surface area (Å²) in [6, 6.07) is 1.96. The summed E-state index contributed by atoms with van der Waals surface area (Å²) in [6.07, 6.45) is 1.41. The first kappa shape index (κ1) is 12.0. The monoisotopic (exact) mass is 182 g/mol. The Balaban J connectivity index is 4.83. The molecule has 0 spiro atoms. The minimum absolute atomic E-state index is 0.681. The zero-order valence-electron chi connectivity index (χ0n) is 8.83. The lowest BCUT2D eigenvalue weighted by Gasteiger charge is -2.31. The molecule has 3 nitrogen and oxygen atoms in total. The Morgan fingerprint density at radius 2 is 1.92 bits per heavy atom. The van der Waals surface area contributed by atoms with Crippen LogP contribution in [0.5, 0.6) is 0 Å². The Hall–Kier alpha value is -1.01. The Morgan fingerprint density at radius 1 is 1.46 bits per heavy atom. The van der Waals surface area contributed by atoms with Gasteiger partial charge in [-0.2, -0.15) is 5.26 Å². The molecular formula is C10H18N2O. The highest BCUT2D eigenvalue weighted by Gasteiger charge is 2.23. The van der Waals surface area contributed by atoms with Gasteiger partial charge < -0.3 is 10.0 Å². The number of nitriles is 1. The number of likely N-dealkylation sites (N-methyl/N-ethyl adjacent to an activating group) is 1. The molecule has 0 saturated carbocycles. The molecule has 0 aromatic heterocycles. The van der Waals surface area contributed by atoms with Gasteiger partial charge in [0.05, 0.1) is 17.4 Å². The number of rotatable bonds is 4. The molecule has 0 radical (unpaired) electrons. The van der Waals surface area contributed by atoms with Crippen LogP contribution in [-0.2, 0) is 0 Å². The van der Waals surface area contributed by atoms with Crippen LogP contribution in [0.4, 0.5) is 0 Å². The lowest BCUT2D eigenvalue weighted by Crippen LogP contribution is -2.35. The highest BCUT2D eigenvalue weighted by atomic mass is 16.3. The van der Waals surface area contributed by atoms with Gasteiger partial charge in [0, 0.05) is 19.2 Å². The number of nitrogens with zero attached hydrogens (tertiary/aromatic N) is 2. The van der Waals surface area contributed by atoms with Crippen molar-refractivity contribution in [3.8, 4) is 6.07 Å². The molecule has 0 atom stereocenters. The van der Waals surface area contributed by atoms with Crippen molar-refractivity contribution in [2.75, 3.05) is 13.1 Å². The minimum Gasteiger partial charge on any atom is -0.384 e. The van der Waals surface area contributed by atoms with Crippen molar-refractivity contribution in [3.05, 3.63) is 11.8 Å². The van der Waals surface area contributed by atoms with Crippen molar-refractivity contribution in [3.63, 3.8) is 0 Å². The highest BCUT2D eigenvalue weighted by molar-refractivity contribution is 5.20. The van der Waals surface area contributed by atoms with Crippen molar-refractivity contribution < 1.29 is 5.11 Å². The Bertz CT molecular complexity index is 216. The van der Waals surface area contributed by atoms with Crippen molar-refractivity contribution in [2.45, 2.75) is 33.3 Å².